The monoisotopic (exact) mass is 1500 g/mol. The van der Waals surface area contributed by atoms with Gasteiger partial charge in [-0.1, -0.05) is 245 Å². The van der Waals surface area contributed by atoms with Crippen molar-refractivity contribution in [1.29, 1.82) is 0 Å². The number of benzene rings is 14. The molecule has 1 aliphatic rings. The van der Waals surface area contributed by atoms with Gasteiger partial charge < -0.3 is 32.9 Å². The van der Waals surface area contributed by atoms with E-state index in [1.165, 1.54) is 22.3 Å². The van der Waals surface area contributed by atoms with Gasteiger partial charge >= 0.3 is 7.65 Å². The van der Waals surface area contributed by atoms with Crippen LogP contribution in [0.25, 0.3) is 32.6 Å². The number of para-hydroxylation sites is 3. The molecule has 3 atom stereocenters. The fraction of sp³-hybridized carbons (Fsp3) is 0.133. The molecule has 111 heavy (non-hydrogen) atoms. The van der Waals surface area contributed by atoms with E-state index in [9.17, 15) is 9.36 Å². The number of ether oxygens (including phenoxy) is 6. The van der Waals surface area contributed by atoms with Crippen molar-refractivity contribution in [2.45, 2.75) is 57.5 Å². The van der Waals surface area contributed by atoms with Gasteiger partial charge in [-0.25, -0.2) is 4.20 Å². The first-order chi connectivity index (χ1) is 53.8. The second-order valence-electron chi connectivity index (χ2n) is 28.0. The van der Waals surface area contributed by atoms with Gasteiger partial charge in [0.2, 0.25) is 5.12 Å². The molecular formula is C98H87O11P2+. The fourth-order valence-electron chi connectivity index (χ4n) is 13.9. The first kappa shape index (κ1) is 76.7. The van der Waals surface area contributed by atoms with Gasteiger partial charge in [-0.05, 0) is 202 Å². The molecule has 16 rings (SSSR count). The number of carbonyl (C=O) groups excluding carboxylic acids is 1. The van der Waals surface area contributed by atoms with Gasteiger partial charge in [0.15, 0.2) is 11.4 Å². The lowest BCUT2D eigenvalue weighted by Gasteiger charge is -2.44. The molecule has 0 fully saturated rings. The van der Waals surface area contributed by atoms with Crippen LogP contribution in [0.15, 0.2) is 350 Å². The predicted octanol–water partition coefficient (Wildman–Crippen LogP) is 25.5. The molecule has 0 radical (unpaired) electrons. The maximum absolute atomic E-state index is 16.6. The summed E-state index contributed by atoms with van der Waals surface area (Å²) >= 11 is 0. The molecule has 0 saturated carbocycles. The van der Waals surface area contributed by atoms with Crippen LogP contribution in [0.2, 0.25) is 0 Å². The zero-order valence-electron chi connectivity index (χ0n) is 63.8. The zero-order valence-corrected chi connectivity index (χ0v) is 65.6. The van der Waals surface area contributed by atoms with E-state index >= 15 is 4.57 Å². The van der Waals surface area contributed by atoms with E-state index in [0.29, 0.717) is 45.0 Å². The molecule has 554 valence electrons. The molecule has 2 heterocycles. The molecule has 0 amide bonds. The number of rotatable bonds is 18. The molecule has 14 aromatic carbocycles. The van der Waals surface area contributed by atoms with Crippen LogP contribution >= 0.6 is 15.0 Å². The number of hydrogen-bond donors (Lipinski definition) is 0. The molecule has 1 aromatic heterocycles. The van der Waals surface area contributed by atoms with Crippen LogP contribution in [0.4, 0.5) is 0 Å². The number of fused-ring (bicyclic) bond motifs is 6. The quantitative estimate of drug-likeness (QED) is 0.0352. The van der Waals surface area contributed by atoms with E-state index in [2.05, 4.69) is 107 Å². The molecule has 0 saturated heterocycles. The lowest BCUT2D eigenvalue weighted by Crippen LogP contribution is -2.38. The van der Waals surface area contributed by atoms with Crippen molar-refractivity contribution in [3.8, 4) is 62.9 Å². The number of aryl methyl sites for hydroxylation is 2. The minimum atomic E-state index is -3.90. The van der Waals surface area contributed by atoms with E-state index in [1.54, 1.807) is 40.6 Å². The van der Waals surface area contributed by atoms with Crippen LogP contribution < -0.4 is 38.2 Å². The molecule has 15 aromatic rings. The Labute approximate surface area is 650 Å². The van der Waals surface area contributed by atoms with Crippen molar-refractivity contribution < 1.29 is 51.1 Å². The summed E-state index contributed by atoms with van der Waals surface area (Å²) in [5, 5.41) is 2.22. The highest BCUT2D eigenvalue weighted by molar-refractivity contribution is 7.69. The Morgan fingerprint density at radius 2 is 0.658 bits per heavy atom. The Balaban J connectivity index is 0.000000160. The number of methoxy groups -OCH3 is 4. The van der Waals surface area contributed by atoms with Crippen molar-refractivity contribution in [2.24, 2.45) is 0 Å². The Kier molecular flexibility index (Phi) is 23.5. The minimum Gasteiger partial charge on any atom is -0.497 e. The van der Waals surface area contributed by atoms with E-state index in [0.717, 1.165) is 83.6 Å². The highest BCUT2D eigenvalue weighted by atomic mass is 31.2. The average molecular weight is 1500 g/mol. The van der Waals surface area contributed by atoms with Gasteiger partial charge in [0, 0.05) is 38.3 Å². The Hall–Kier alpha value is -12.5. The van der Waals surface area contributed by atoms with E-state index in [4.69, 9.17) is 37.1 Å². The third kappa shape index (κ3) is 16.6. The SMILES string of the molecule is COc1ccc(C(C)(C)c2ccc(Oc3ccc(C(=O)c4ccc(C)cc4)cc3)cc2)cc1.COc1ccc(C(C)(C)c2ccc(Oc3ccc(C(c4ccc(C)cc4)(c4ccc(OC)cc4)P4(=O)Oc5ccccc5-c5ccccc54)cc3)cc2)cc1.COc1ccccc1.O=[p+]1oc2ccccc2c2ccccc21. The summed E-state index contributed by atoms with van der Waals surface area (Å²) in [4.78, 5) is 12.7. The summed E-state index contributed by atoms with van der Waals surface area (Å²) in [6.07, 6.45) is 0. The van der Waals surface area contributed by atoms with Crippen LogP contribution in [0.3, 0.4) is 0 Å². The fourth-order valence-corrected chi connectivity index (χ4v) is 18.3. The summed E-state index contributed by atoms with van der Waals surface area (Å²) in [7, 11) is 1.02. The van der Waals surface area contributed by atoms with Gasteiger partial charge in [-0.2, -0.15) is 0 Å². The lowest BCUT2D eigenvalue weighted by atomic mass is 9.78. The van der Waals surface area contributed by atoms with Gasteiger partial charge in [-0.15, -0.1) is 0 Å². The summed E-state index contributed by atoms with van der Waals surface area (Å²) in [5.41, 5.74) is 13.0. The maximum atomic E-state index is 16.6. The molecular weight excluding hydrogens is 1420 g/mol. The normalized spacial score (nSPS) is 13.4. The van der Waals surface area contributed by atoms with E-state index < -0.39 is 20.2 Å². The smallest absolute Gasteiger partial charge is 0.497 e. The summed E-state index contributed by atoms with van der Waals surface area (Å²) < 4.78 is 74.3. The van der Waals surface area contributed by atoms with Crippen LogP contribution in [0.1, 0.15) is 93.7 Å². The van der Waals surface area contributed by atoms with Crippen molar-refractivity contribution in [2.75, 3.05) is 28.4 Å². The van der Waals surface area contributed by atoms with Gasteiger partial charge in [-0.3, -0.25) is 9.36 Å². The molecule has 0 spiro atoms. The van der Waals surface area contributed by atoms with Gasteiger partial charge in [0.25, 0.3) is 7.37 Å². The highest BCUT2D eigenvalue weighted by Gasteiger charge is 2.58. The largest absolute Gasteiger partial charge is 0.597 e. The molecule has 0 bridgehead atoms. The summed E-state index contributed by atoms with van der Waals surface area (Å²) in [5.74, 6) is 6.72. The van der Waals surface area contributed by atoms with Crippen molar-refractivity contribution in [3.05, 3.63) is 407 Å². The van der Waals surface area contributed by atoms with Crippen LogP contribution in [0, 0.1) is 13.8 Å². The molecule has 1 aliphatic heterocycles. The van der Waals surface area contributed by atoms with Crippen LogP contribution in [-0.2, 0) is 25.1 Å². The standard InChI is InChI=1S/C49H43O5P.C30H28O3.C12H8O2P.C7H8O/c1-34-14-16-37(17-15-34)49(38-22-28-41(52-5)29-23-38,55(50)47-13-9-7-11-45(47)44-10-6-8-12-46(44)54-55)39-24-32-43(33-25-39)53-42-30-20-36(21-31-42)48(2,3)35-18-26-40(51-4)27-19-35;1-21-5-7-22(8-6-21)29(31)23-9-15-27(16-10-23)33-28-19-13-25(14-20-28)30(2,3)24-11-17-26(32-4)18-12-24;13-15-12-8-4-2-6-10(12)9-5-1-3-7-11(9)14-15;1-8-7-5-3-2-4-6-7/h6-33H,1-5H3;5-20H,1-4H3;1-8H;2-6H,1H3/q;;+1;. The van der Waals surface area contributed by atoms with E-state index in [1.807, 2.05) is 268 Å². The third-order valence-corrected chi connectivity index (χ3v) is 24.7. The topological polar surface area (TPSA) is 129 Å². The van der Waals surface area contributed by atoms with E-state index in [-0.39, 0.29) is 16.6 Å². The first-order valence-corrected chi connectivity index (χ1v) is 39.4. The molecule has 0 N–H and O–H groups in total. The van der Waals surface area contributed by atoms with Gasteiger partial charge in [0.05, 0.1) is 33.7 Å². The average Bonchev–Trinajstić information content (AvgIpc) is 0.690. The van der Waals surface area contributed by atoms with Crippen LogP contribution in [-0.4, -0.2) is 34.2 Å². The van der Waals surface area contributed by atoms with Crippen molar-refractivity contribution >= 4 is 47.6 Å². The Bertz CT molecular complexity index is 5770. The number of carbonyl (C=O) groups is 1. The summed E-state index contributed by atoms with van der Waals surface area (Å²) in [6, 6.07) is 113. The molecule has 0 aliphatic carbocycles. The van der Waals surface area contributed by atoms with Crippen molar-refractivity contribution in [3.63, 3.8) is 0 Å². The second-order valence-corrected chi connectivity index (χ2v) is 31.7. The maximum Gasteiger partial charge on any atom is 0.597 e. The predicted molar refractivity (Wildman–Crippen MR) is 449 cm³/mol. The Morgan fingerprint density at radius 3 is 1.10 bits per heavy atom. The molecule has 3 unspecified atom stereocenters. The third-order valence-electron chi connectivity index (χ3n) is 20.4. The van der Waals surface area contributed by atoms with Crippen molar-refractivity contribution in [1.82, 2.24) is 0 Å². The van der Waals surface area contributed by atoms with Gasteiger partial charge in [0.1, 0.15) is 56.9 Å². The van der Waals surface area contributed by atoms with Crippen LogP contribution in [0.5, 0.6) is 51.7 Å². The summed E-state index contributed by atoms with van der Waals surface area (Å²) in [6.45, 7) is 12.9. The minimum absolute atomic E-state index is 0.00617. The molecule has 11 nitrogen and oxygen atoms in total. The first-order valence-electron chi connectivity index (χ1n) is 36.6. The highest BCUT2D eigenvalue weighted by Crippen LogP contribution is 2.71. The lowest BCUT2D eigenvalue weighted by molar-refractivity contribution is 0.103. The molecule has 13 heteroatoms. The Morgan fingerprint density at radius 1 is 0.333 bits per heavy atom. The number of hydrogen-bond acceptors (Lipinski definition) is 11. The second kappa shape index (κ2) is 34.0. The number of ketones is 1. The zero-order chi connectivity index (χ0) is 77.7.